The number of anilines is 4. The third-order valence-corrected chi connectivity index (χ3v) is 10.2. The molecule has 7 aromatic carbocycles. The SMILES string of the molecule is [2H]c1c([2H])c([2H])c(-c2cccc(-c3c([2H])c([2H])c([2H])c([2H])c3[2H])c2N2C(=[CH-])N(c3[c-]c(Oc4[c-]c5c(cc4)c4ccccc4n5-c4cc(C(C)(C)C)ccn4)ccc3)c3ccccc32)c([2H])c1[2H].[Pt]. The zero-order valence-electron chi connectivity index (χ0n) is 42.1. The van der Waals surface area contributed by atoms with E-state index >= 15 is 0 Å². The fourth-order valence-corrected chi connectivity index (χ4v) is 7.56. The first kappa shape index (κ1) is 27.9. The van der Waals surface area contributed by atoms with Crippen LogP contribution in [-0.4, -0.2) is 9.55 Å². The molecule has 5 nitrogen and oxygen atoms in total. The van der Waals surface area contributed by atoms with Gasteiger partial charge in [-0.2, -0.15) is 12.1 Å². The predicted octanol–water partition coefficient (Wildman–Crippen LogP) is 13.8. The molecule has 0 spiro atoms. The molecule has 0 radical (unpaired) electrons. The third kappa shape index (κ3) is 6.72. The summed E-state index contributed by atoms with van der Waals surface area (Å²) in [7, 11) is 0. The molecule has 1 aliphatic rings. The van der Waals surface area contributed by atoms with Crippen LogP contribution in [0.1, 0.15) is 40.0 Å². The smallest absolute Gasteiger partial charge is 0.135 e. The average molecular weight is 953 g/mol. The second-order valence-corrected chi connectivity index (χ2v) is 14.8. The molecule has 6 heteroatoms. The quantitative estimate of drug-likeness (QED) is 0.149. The molecule has 3 heterocycles. The van der Waals surface area contributed by atoms with Crippen molar-refractivity contribution in [1.29, 1.82) is 0 Å². The van der Waals surface area contributed by atoms with Gasteiger partial charge < -0.3 is 25.7 Å². The third-order valence-electron chi connectivity index (χ3n) is 10.2. The molecule has 0 N–H and O–H groups in total. The van der Waals surface area contributed by atoms with Gasteiger partial charge in [0.1, 0.15) is 5.82 Å². The summed E-state index contributed by atoms with van der Waals surface area (Å²) in [5.41, 5.74) is 4.23. The molecule has 0 saturated carbocycles. The van der Waals surface area contributed by atoms with Crippen LogP contribution in [0.15, 0.2) is 182 Å². The average Bonchev–Trinajstić information content (AvgIpc) is 3.82. The monoisotopic (exact) mass is 952 g/mol. The van der Waals surface area contributed by atoms with Crippen molar-refractivity contribution in [3.8, 4) is 39.6 Å². The Bertz CT molecular complexity index is 3460. The summed E-state index contributed by atoms with van der Waals surface area (Å²) in [6.45, 7) is 13.7. The molecule has 0 unspecified atom stereocenters. The first-order chi connectivity index (χ1) is 32.5. The normalized spacial score (nSPS) is 14.9. The second-order valence-electron chi connectivity index (χ2n) is 14.8. The Morgan fingerprint density at radius 1 is 0.644 bits per heavy atom. The largest absolute Gasteiger partial charge is 0.509 e. The number of para-hydroxylation sites is 4. The molecular formula is C53H39N4OPt-3. The van der Waals surface area contributed by atoms with Gasteiger partial charge in [-0.1, -0.05) is 147 Å². The van der Waals surface area contributed by atoms with Gasteiger partial charge in [0.05, 0.1) is 30.8 Å². The Labute approximate surface area is 373 Å². The van der Waals surface area contributed by atoms with E-state index in [1.165, 1.54) is 0 Å². The maximum absolute atomic E-state index is 9.02. The second kappa shape index (κ2) is 15.2. The number of ether oxygens (including phenoxy) is 1. The van der Waals surface area contributed by atoms with Crippen molar-refractivity contribution in [3.63, 3.8) is 0 Å². The van der Waals surface area contributed by atoms with Gasteiger partial charge in [0.15, 0.2) is 0 Å². The molecule has 2 aromatic heterocycles. The Kier molecular flexibility index (Phi) is 7.20. The van der Waals surface area contributed by atoms with Crippen molar-refractivity contribution in [2.75, 3.05) is 9.80 Å². The van der Waals surface area contributed by atoms with E-state index in [2.05, 4.69) is 55.7 Å². The van der Waals surface area contributed by atoms with Crippen LogP contribution >= 0.6 is 0 Å². The number of fused-ring (bicyclic) bond motifs is 4. The van der Waals surface area contributed by atoms with E-state index in [4.69, 9.17) is 30.0 Å². The fourth-order valence-electron chi connectivity index (χ4n) is 7.56. The molecule has 0 atom stereocenters. The van der Waals surface area contributed by atoms with Gasteiger partial charge in [-0.05, 0) is 57.8 Å². The first-order valence-electron chi connectivity index (χ1n) is 23.7. The molecule has 9 aromatic rings. The molecule has 0 aliphatic carbocycles. The van der Waals surface area contributed by atoms with Gasteiger partial charge in [0, 0.05) is 55.4 Å². The predicted molar refractivity (Wildman–Crippen MR) is 237 cm³/mol. The van der Waals surface area contributed by atoms with Gasteiger partial charge in [0.2, 0.25) is 0 Å². The van der Waals surface area contributed by atoms with Crippen LogP contribution in [0.3, 0.4) is 0 Å². The standard InChI is InChI=1S/C53H39N4O.Pt/c1-36-55(48-27-13-14-28-49(48)56(36)52-43(37-17-7-5-8-18-37)24-16-25-44(52)38-19-9-6-10-20-38)40-21-15-22-41(34-40)58-42-29-30-46-45-23-11-12-26-47(45)57(50(46)35-42)51-33-39(31-32-54-51)53(2,3)4;/h1,5-33H,2-4H3;/q-3;/i5D,6D,7D,8D,9D,10D,17D,18D,19D,20D;. The molecule has 0 amide bonds. The molecule has 10 rings (SSSR count). The summed E-state index contributed by atoms with van der Waals surface area (Å²) in [5, 5.41) is 2.00. The summed E-state index contributed by atoms with van der Waals surface area (Å²) in [6.07, 6.45) is 1.82. The van der Waals surface area contributed by atoms with Crippen molar-refractivity contribution in [2.24, 2.45) is 0 Å². The fraction of sp³-hybridized carbons (Fsp3) is 0.0755. The summed E-state index contributed by atoms with van der Waals surface area (Å²) < 4.78 is 95.6. The number of hydrogen-bond acceptors (Lipinski definition) is 4. The van der Waals surface area contributed by atoms with E-state index in [-0.39, 0.29) is 60.2 Å². The zero-order chi connectivity index (χ0) is 48.1. The van der Waals surface area contributed by atoms with Crippen LogP contribution in [0, 0.1) is 18.7 Å². The number of pyridine rings is 1. The van der Waals surface area contributed by atoms with Crippen LogP contribution in [0.2, 0.25) is 0 Å². The van der Waals surface area contributed by atoms with E-state index in [1.54, 1.807) is 58.3 Å². The van der Waals surface area contributed by atoms with E-state index in [0.29, 0.717) is 28.6 Å². The molecule has 290 valence electrons. The van der Waals surface area contributed by atoms with Crippen LogP contribution in [0.4, 0.5) is 22.7 Å². The number of benzene rings is 7. The maximum Gasteiger partial charge on any atom is 0.135 e. The Morgan fingerprint density at radius 3 is 1.97 bits per heavy atom. The zero-order valence-corrected chi connectivity index (χ0v) is 34.3. The van der Waals surface area contributed by atoms with Gasteiger partial charge >= 0.3 is 0 Å². The summed E-state index contributed by atoms with van der Waals surface area (Å²) in [6, 6.07) is 34.7. The Morgan fingerprint density at radius 2 is 1.27 bits per heavy atom. The first-order valence-corrected chi connectivity index (χ1v) is 18.7. The van der Waals surface area contributed by atoms with Crippen molar-refractivity contribution >= 4 is 44.6 Å². The van der Waals surface area contributed by atoms with Gasteiger partial charge in [0.25, 0.3) is 0 Å². The molecular weight excluding hydrogens is 904 g/mol. The number of nitrogens with zero attached hydrogens (tertiary/aromatic N) is 4. The molecule has 59 heavy (non-hydrogen) atoms. The molecule has 0 saturated heterocycles. The number of hydrogen-bond donors (Lipinski definition) is 0. The van der Waals surface area contributed by atoms with Crippen molar-refractivity contribution in [1.82, 2.24) is 9.55 Å². The van der Waals surface area contributed by atoms with E-state index < -0.39 is 60.4 Å². The minimum absolute atomic E-state index is 0. The minimum atomic E-state index is -0.587. The van der Waals surface area contributed by atoms with Gasteiger partial charge in [-0.25, -0.2) is 4.98 Å². The van der Waals surface area contributed by atoms with Crippen molar-refractivity contribution in [3.05, 3.63) is 206 Å². The molecule has 0 fully saturated rings. The van der Waals surface area contributed by atoms with Crippen LogP contribution < -0.4 is 14.5 Å². The summed E-state index contributed by atoms with van der Waals surface area (Å²) in [5.74, 6) is 1.54. The van der Waals surface area contributed by atoms with Gasteiger partial charge in [-0.3, -0.25) is 0 Å². The Balaban J connectivity index is 0.00000593. The molecule has 1 aliphatic heterocycles. The van der Waals surface area contributed by atoms with Crippen molar-refractivity contribution in [2.45, 2.75) is 26.2 Å². The topological polar surface area (TPSA) is 33.5 Å². The van der Waals surface area contributed by atoms with Crippen LogP contribution in [0.5, 0.6) is 11.5 Å². The minimum Gasteiger partial charge on any atom is -0.509 e. The van der Waals surface area contributed by atoms with Crippen LogP contribution in [-0.2, 0) is 26.5 Å². The molecule has 0 bridgehead atoms. The van der Waals surface area contributed by atoms with E-state index in [9.17, 15) is 0 Å². The number of aromatic nitrogens is 2. The van der Waals surface area contributed by atoms with E-state index in [1.807, 2.05) is 48.7 Å². The summed E-state index contributed by atoms with van der Waals surface area (Å²) in [4.78, 5) is 8.11. The number of rotatable bonds is 7. The summed E-state index contributed by atoms with van der Waals surface area (Å²) >= 11 is 0. The Hall–Kier alpha value is -6.68. The maximum atomic E-state index is 9.02. The van der Waals surface area contributed by atoms with Crippen molar-refractivity contribution < 1.29 is 39.5 Å². The van der Waals surface area contributed by atoms with Gasteiger partial charge in [-0.15, -0.1) is 35.7 Å². The van der Waals surface area contributed by atoms with E-state index in [0.717, 1.165) is 33.2 Å². The van der Waals surface area contributed by atoms with Crippen LogP contribution in [0.25, 0.3) is 49.9 Å².